The second-order valence-corrected chi connectivity index (χ2v) is 5.40. The summed E-state index contributed by atoms with van der Waals surface area (Å²) >= 11 is 3.34. The molecular formula is C17H10BrF3N2. The fraction of sp³-hybridized carbons (Fsp3) is 0.0588. The molecule has 6 heteroatoms. The van der Waals surface area contributed by atoms with Crippen molar-refractivity contribution in [2.24, 2.45) is 4.99 Å². The molecule has 0 aliphatic rings. The summed E-state index contributed by atoms with van der Waals surface area (Å²) in [4.78, 5) is 4.12. The number of hydrogen-bond acceptors (Lipinski definition) is 2. The molecule has 0 heterocycles. The Bertz CT molecular complexity index is 818. The first-order valence-electron chi connectivity index (χ1n) is 6.43. The first kappa shape index (κ1) is 17.0. The third-order valence-corrected chi connectivity index (χ3v) is 3.78. The van der Waals surface area contributed by atoms with Gasteiger partial charge in [0.2, 0.25) is 0 Å². The molecule has 0 aliphatic heterocycles. The van der Waals surface area contributed by atoms with Gasteiger partial charge in [-0.2, -0.15) is 18.4 Å². The highest BCUT2D eigenvalue weighted by Crippen LogP contribution is 2.36. The van der Waals surface area contributed by atoms with E-state index in [9.17, 15) is 13.2 Å². The fourth-order valence-electron chi connectivity index (χ4n) is 1.93. The summed E-state index contributed by atoms with van der Waals surface area (Å²) < 4.78 is 39.9. The average molecular weight is 379 g/mol. The maximum Gasteiger partial charge on any atom is 0.417 e. The Balaban J connectivity index is 2.56. The van der Waals surface area contributed by atoms with Crippen LogP contribution in [0.4, 0.5) is 18.9 Å². The molecule has 2 rings (SSSR count). The van der Waals surface area contributed by atoms with Crippen LogP contribution >= 0.6 is 15.9 Å². The van der Waals surface area contributed by atoms with Crippen molar-refractivity contribution < 1.29 is 13.2 Å². The van der Waals surface area contributed by atoms with Crippen LogP contribution in [0, 0.1) is 11.3 Å². The topological polar surface area (TPSA) is 36.1 Å². The zero-order chi connectivity index (χ0) is 17.0. The van der Waals surface area contributed by atoms with Gasteiger partial charge < -0.3 is 0 Å². The van der Waals surface area contributed by atoms with E-state index in [1.165, 1.54) is 12.3 Å². The largest absolute Gasteiger partial charge is 0.417 e. The van der Waals surface area contributed by atoms with Crippen LogP contribution in [0.1, 0.15) is 22.3 Å². The number of nitrogens with zero attached hydrogens (tertiary/aromatic N) is 2. The molecule has 2 nitrogen and oxygen atoms in total. The van der Waals surface area contributed by atoms with E-state index in [-0.39, 0.29) is 5.69 Å². The van der Waals surface area contributed by atoms with Crippen molar-refractivity contribution in [1.29, 1.82) is 5.26 Å². The summed E-state index contributed by atoms with van der Waals surface area (Å²) in [6.45, 7) is 3.56. The minimum absolute atomic E-state index is 0.0991. The highest BCUT2D eigenvalue weighted by molar-refractivity contribution is 9.10. The van der Waals surface area contributed by atoms with Gasteiger partial charge in [0, 0.05) is 21.8 Å². The molecule has 0 spiro atoms. The van der Waals surface area contributed by atoms with Gasteiger partial charge in [-0.25, -0.2) is 0 Å². The zero-order valence-electron chi connectivity index (χ0n) is 11.7. The molecule has 0 fully saturated rings. The van der Waals surface area contributed by atoms with Crippen LogP contribution in [-0.4, -0.2) is 6.21 Å². The van der Waals surface area contributed by atoms with Crippen LogP contribution < -0.4 is 0 Å². The summed E-state index contributed by atoms with van der Waals surface area (Å²) in [5.41, 5.74) is -0.280. The third kappa shape index (κ3) is 3.88. The van der Waals surface area contributed by atoms with Crippen molar-refractivity contribution in [3.8, 4) is 6.07 Å². The van der Waals surface area contributed by atoms with Gasteiger partial charge in [0.15, 0.2) is 0 Å². The SMILES string of the molecule is C=Cc1cc(C#N)c(C(F)(F)F)cc1N=Cc1ccccc1Br. The lowest BCUT2D eigenvalue weighted by Gasteiger charge is -2.11. The van der Waals surface area contributed by atoms with E-state index < -0.39 is 17.3 Å². The number of alkyl halides is 3. The first-order valence-corrected chi connectivity index (χ1v) is 7.22. The number of aliphatic imine (C=N–C) groups is 1. The van der Waals surface area contributed by atoms with E-state index in [1.807, 2.05) is 6.07 Å². The summed E-state index contributed by atoms with van der Waals surface area (Å²) in [7, 11) is 0. The molecule has 0 saturated carbocycles. The van der Waals surface area contributed by atoms with E-state index >= 15 is 0 Å². The Kier molecular flexibility index (Phi) is 5.02. The lowest BCUT2D eigenvalue weighted by Crippen LogP contribution is -2.08. The molecule has 0 aliphatic carbocycles. The van der Waals surface area contributed by atoms with Crippen LogP contribution in [0.15, 0.2) is 52.4 Å². The molecule has 0 atom stereocenters. The molecule has 0 N–H and O–H groups in total. The molecule has 23 heavy (non-hydrogen) atoms. The highest BCUT2D eigenvalue weighted by Gasteiger charge is 2.34. The van der Waals surface area contributed by atoms with Crippen LogP contribution in [0.3, 0.4) is 0 Å². The van der Waals surface area contributed by atoms with Crippen molar-refractivity contribution >= 4 is 33.9 Å². The summed E-state index contributed by atoms with van der Waals surface area (Å²) in [6.07, 6.45) is -1.80. The van der Waals surface area contributed by atoms with Crippen molar-refractivity contribution in [3.63, 3.8) is 0 Å². The second-order valence-electron chi connectivity index (χ2n) is 4.55. The zero-order valence-corrected chi connectivity index (χ0v) is 13.3. The normalized spacial score (nSPS) is 11.4. The van der Waals surface area contributed by atoms with Crippen LogP contribution in [0.5, 0.6) is 0 Å². The molecule has 0 saturated heterocycles. The van der Waals surface area contributed by atoms with Crippen molar-refractivity contribution in [1.82, 2.24) is 0 Å². The van der Waals surface area contributed by atoms with Gasteiger partial charge >= 0.3 is 6.18 Å². The minimum atomic E-state index is -4.62. The summed E-state index contributed by atoms with van der Waals surface area (Å²) in [5.74, 6) is 0. The third-order valence-electron chi connectivity index (χ3n) is 3.06. The van der Waals surface area contributed by atoms with Crippen molar-refractivity contribution in [3.05, 3.63) is 69.7 Å². The average Bonchev–Trinajstić information content (AvgIpc) is 2.52. The smallest absolute Gasteiger partial charge is 0.256 e. The van der Waals surface area contributed by atoms with E-state index in [1.54, 1.807) is 24.3 Å². The fourth-order valence-corrected chi connectivity index (χ4v) is 2.31. The number of hydrogen-bond donors (Lipinski definition) is 0. The molecular weight excluding hydrogens is 369 g/mol. The van der Waals surface area contributed by atoms with E-state index in [2.05, 4.69) is 27.5 Å². The van der Waals surface area contributed by atoms with Gasteiger partial charge in [-0.1, -0.05) is 46.8 Å². The van der Waals surface area contributed by atoms with E-state index in [4.69, 9.17) is 5.26 Å². The highest BCUT2D eigenvalue weighted by atomic mass is 79.9. The Morgan fingerprint density at radius 3 is 2.43 bits per heavy atom. The molecule has 0 radical (unpaired) electrons. The molecule has 0 bridgehead atoms. The molecule has 0 aromatic heterocycles. The standard InChI is InChI=1S/C17H10BrF3N2/c1-2-11-7-13(9-22)14(17(19,20)21)8-16(11)23-10-12-5-3-4-6-15(12)18/h2-8,10H,1H2. The Labute approximate surface area is 139 Å². The van der Waals surface area contributed by atoms with Gasteiger partial charge in [0.1, 0.15) is 0 Å². The van der Waals surface area contributed by atoms with Crippen molar-refractivity contribution in [2.75, 3.05) is 0 Å². The first-order chi connectivity index (χ1) is 10.9. The minimum Gasteiger partial charge on any atom is -0.256 e. The predicted octanol–water partition coefficient (Wildman–Crippen LogP) is 5.73. The quantitative estimate of drug-likeness (QED) is 0.627. The number of rotatable bonds is 3. The summed E-state index contributed by atoms with van der Waals surface area (Å²) in [6, 6.07) is 10.8. The van der Waals surface area contributed by atoms with Gasteiger partial charge in [0.25, 0.3) is 0 Å². The molecule has 0 amide bonds. The van der Waals surface area contributed by atoms with Crippen molar-refractivity contribution in [2.45, 2.75) is 6.18 Å². The van der Waals surface area contributed by atoms with Gasteiger partial charge in [-0.15, -0.1) is 0 Å². The second kappa shape index (κ2) is 6.80. The molecule has 116 valence electrons. The predicted molar refractivity (Wildman–Crippen MR) is 87.6 cm³/mol. The molecule has 2 aromatic carbocycles. The lowest BCUT2D eigenvalue weighted by atomic mass is 10.0. The van der Waals surface area contributed by atoms with Crippen LogP contribution in [0.25, 0.3) is 6.08 Å². The van der Waals surface area contributed by atoms with Gasteiger partial charge in [-0.05, 0) is 18.2 Å². The number of halogens is 4. The van der Waals surface area contributed by atoms with Crippen LogP contribution in [0.2, 0.25) is 0 Å². The maximum atomic E-state index is 13.0. The summed E-state index contributed by atoms with van der Waals surface area (Å²) in [5, 5.41) is 8.91. The monoisotopic (exact) mass is 378 g/mol. The van der Waals surface area contributed by atoms with E-state index in [0.29, 0.717) is 5.56 Å². The Morgan fingerprint density at radius 1 is 1.17 bits per heavy atom. The van der Waals surface area contributed by atoms with Gasteiger partial charge in [0.05, 0.1) is 22.9 Å². The molecule has 0 unspecified atom stereocenters. The Morgan fingerprint density at radius 2 is 1.87 bits per heavy atom. The number of nitriles is 1. The van der Waals surface area contributed by atoms with E-state index in [0.717, 1.165) is 22.2 Å². The maximum absolute atomic E-state index is 13.0. The van der Waals surface area contributed by atoms with Gasteiger partial charge in [-0.3, -0.25) is 4.99 Å². The lowest BCUT2D eigenvalue weighted by molar-refractivity contribution is -0.137. The number of benzene rings is 2. The van der Waals surface area contributed by atoms with Crippen LogP contribution in [-0.2, 0) is 6.18 Å². The molecule has 2 aromatic rings. The Hall–Kier alpha value is -2.39.